The Morgan fingerprint density at radius 2 is 1.88 bits per heavy atom. The standard InChI is InChI=1S/C11H18N2O2S/c1-3-12-8-9-13-10-6-4-5-7-11(10)16(2,14)15/h4-7,12-13H,3,8-9H2,1-2H3. The molecule has 5 heteroatoms. The van der Waals surface area contributed by atoms with Gasteiger partial charge in [0, 0.05) is 19.3 Å². The summed E-state index contributed by atoms with van der Waals surface area (Å²) in [6.45, 7) is 4.47. The SMILES string of the molecule is CCNCCNc1ccccc1S(C)(=O)=O. The zero-order chi connectivity index (χ0) is 12.0. The number of nitrogens with one attached hydrogen (secondary N) is 2. The molecule has 16 heavy (non-hydrogen) atoms. The Bertz CT molecular complexity index is 429. The number of benzene rings is 1. The summed E-state index contributed by atoms with van der Waals surface area (Å²) in [5.74, 6) is 0. The summed E-state index contributed by atoms with van der Waals surface area (Å²) in [5.41, 5.74) is 0.669. The molecule has 0 aliphatic carbocycles. The van der Waals surface area contributed by atoms with Crippen LogP contribution < -0.4 is 10.6 Å². The number of anilines is 1. The van der Waals surface area contributed by atoms with Gasteiger partial charge in [-0.15, -0.1) is 0 Å². The van der Waals surface area contributed by atoms with E-state index in [4.69, 9.17) is 0 Å². The predicted octanol–water partition coefficient (Wildman–Crippen LogP) is 1.11. The predicted molar refractivity (Wildman–Crippen MR) is 66.6 cm³/mol. The van der Waals surface area contributed by atoms with E-state index in [0.717, 1.165) is 13.1 Å². The fraction of sp³-hybridized carbons (Fsp3) is 0.455. The summed E-state index contributed by atoms with van der Waals surface area (Å²) in [6.07, 6.45) is 1.22. The first-order chi connectivity index (χ1) is 7.55. The number of hydrogen-bond donors (Lipinski definition) is 2. The maximum absolute atomic E-state index is 11.5. The van der Waals surface area contributed by atoms with Crippen molar-refractivity contribution in [1.29, 1.82) is 0 Å². The van der Waals surface area contributed by atoms with Crippen LogP contribution in [0.5, 0.6) is 0 Å². The van der Waals surface area contributed by atoms with Gasteiger partial charge >= 0.3 is 0 Å². The first-order valence-corrected chi connectivity index (χ1v) is 7.18. The van der Waals surface area contributed by atoms with Crippen molar-refractivity contribution in [2.45, 2.75) is 11.8 Å². The van der Waals surface area contributed by atoms with Gasteiger partial charge in [0.25, 0.3) is 0 Å². The molecule has 1 rings (SSSR count). The monoisotopic (exact) mass is 242 g/mol. The lowest BCUT2D eigenvalue weighted by atomic mass is 10.3. The highest BCUT2D eigenvalue weighted by atomic mass is 32.2. The molecule has 0 saturated carbocycles. The molecule has 0 aliphatic heterocycles. The van der Waals surface area contributed by atoms with E-state index in [9.17, 15) is 8.42 Å². The minimum atomic E-state index is -3.16. The molecule has 0 spiro atoms. The highest BCUT2D eigenvalue weighted by molar-refractivity contribution is 7.90. The normalized spacial score (nSPS) is 11.4. The van der Waals surface area contributed by atoms with E-state index in [1.807, 2.05) is 13.0 Å². The van der Waals surface area contributed by atoms with Gasteiger partial charge in [-0.05, 0) is 18.7 Å². The Balaban J connectivity index is 2.73. The van der Waals surface area contributed by atoms with Crippen LogP contribution in [0.15, 0.2) is 29.2 Å². The van der Waals surface area contributed by atoms with Crippen LogP contribution in [0, 0.1) is 0 Å². The van der Waals surface area contributed by atoms with Gasteiger partial charge in [0.1, 0.15) is 0 Å². The Morgan fingerprint density at radius 1 is 1.19 bits per heavy atom. The molecule has 0 bridgehead atoms. The van der Waals surface area contributed by atoms with E-state index >= 15 is 0 Å². The highest BCUT2D eigenvalue weighted by Gasteiger charge is 2.11. The Labute approximate surface area is 97.0 Å². The molecule has 0 heterocycles. The van der Waals surface area contributed by atoms with E-state index in [0.29, 0.717) is 17.1 Å². The van der Waals surface area contributed by atoms with Crippen molar-refractivity contribution in [3.05, 3.63) is 24.3 Å². The smallest absolute Gasteiger partial charge is 0.177 e. The molecular formula is C11H18N2O2S. The van der Waals surface area contributed by atoms with E-state index in [2.05, 4.69) is 10.6 Å². The van der Waals surface area contributed by atoms with Crippen molar-refractivity contribution in [2.24, 2.45) is 0 Å². The Kier molecular flexibility index (Phi) is 4.76. The third kappa shape index (κ3) is 3.83. The van der Waals surface area contributed by atoms with E-state index in [1.165, 1.54) is 6.26 Å². The van der Waals surface area contributed by atoms with Crippen molar-refractivity contribution in [3.63, 3.8) is 0 Å². The third-order valence-electron chi connectivity index (χ3n) is 2.15. The van der Waals surface area contributed by atoms with Crippen molar-refractivity contribution in [1.82, 2.24) is 5.32 Å². The van der Waals surface area contributed by atoms with Gasteiger partial charge in [0.15, 0.2) is 9.84 Å². The zero-order valence-electron chi connectivity index (χ0n) is 9.66. The molecule has 90 valence electrons. The first kappa shape index (κ1) is 13.0. The van der Waals surface area contributed by atoms with Crippen LogP contribution in [0.3, 0.4) is 0 Å². The molecule has 0 radical (unpaired) electrons. The molecule has 0 atom stereocenters. The lowest BCUT2D eigenvalue weighted by Crippen LogP contribution is -2.22. The molecule has 1 aromatic rings. The van der Waals surface area contributed by atoms with E-state index in [-0.39, 0.29) is 0 Å². The van der Waals surface area contributed by atoms with Crippen LogP contribution in [0.1, 0.15) is 6.92 Å². The first-order valence-electron chi connectivity index (χ1n) is 5.29. The summed E-state index contributed by atoms with van der Waals surface area (Å²) in [7, 11) is -3.16. The fourth-order valence-corrected chi connectivity index (χ4v) is 2.26. The number of likely N-dealkylation sites (N-methyl/N-ethyl adjacent to an activating group) is 1. The molecule has 0 fully saturated rings. The Hall–Kier alpha value is -1.07. The van der Waals surface area contributed by atoms with Crippen molar-refractivity contribution in [2.75, 3.05) is 31.2 Å². The molecular weight excluding hydrogens is 224 g/mol. The molecule has 0 unspecified atom stereocenters. The zero-order valence-corrected chi connectivity index (χ0v) is 10.5. The number of para-hydroxylation sites is 1. The van der Waals surface area contributed by atoms with Gasteiger partial charge < -0.3 is 10.6 Å². The minimum absolute atomic E-state index is 0.353. The summed E-state index contributed by atoms with van der Waals surface area (Å²) in [5, 5.41) is 6.28. The second kappa shape index (κ2) is 5.86. The van der Waals surface area contributed by atoms with Crippen molar-refractivity contribution >= 4 is 15.5 Å². The minimum Gasteiger partial charge on any atom is -0.383 e. The fourth-order valence-electron chi connectivity index (χ4n) is 1.40. The second-order valence-corrected chi connectivity index (χ2v) is 5.53. The Morgan fingerprint density at radius 3 is 2.50 bits per heavy atom. The van der Waals surface area contributed by atoms with E-state index < -0.39 is 9.84 Å². The molecule has 4 nitrogen and oxygen atoms in total. The van der Waals surface area contributed by atoms with Crippen molar-refractivity contribution in [3.8, 4) is 0 Å². The van der Waals surface area contributed by atoms with Gasteiger partial charge in [0.2, 0.25) is 0 Å². The molecule has 0 aromatic heterocycles. The van der Waals surface area contributed by atoms with Crippen LogP contribution in [0.25, 0.3) is 0 Å². The lowest BCUT2D eigenvalue weighted by Gasteiger charge is -2.10. The molecule has 2 N–H and O–H groups in total. The van der Waals surface area contributed by atoms with Gasteiger partial charge in [-0.25, -0.2) is 8.42 Å². The van der Waals surface area contributed by atoms with Crippen LogP contribution >= 0.6 is 0 Å². The molecule has 0 aliphatic rings. The summed E-state index contributed by atoms with van der Waals surface area (Å²) < 4.78 is 23.0. The summed E-state index contributed by atoms with van der Waals surface area (Å²) in [4.78, 5) is 0.353. The molecule has 1 aromatic carbocycles. The van der Waals surface area contributed by atoms with Crippen molar-refractivity contribution < 1.29 is 8.42 Å². The van der Waals surface area contributed by atoms with Gasteiger partial charge in [-0.3, -0.25) is 0 Å². The number of rotatable bonds is 6. The average molecular weight is 242 g/mol. The average Bonchev–Trinajstić information content (AvgIpc) is 2.24. The second-order valence-electron chi connectivity index (χ2n) is 3.55. The van der Waals surface area contributed by atoms with Crippen LogP contribution in [-0.4, -0.2) is 34.3 Å². The number of sulfone groups is 1. The largest absolute Gasteiger partial charge is 0.383 e. The summed E-state index contributed by atoms with van der Waals surface area (Å²) >= 11 is 0. The van der Waals surface area contributed by atoms with E-state index in [1.54, 1.807) is 18.2 Å². The quantitative estimate of drug-likeness (QED) is 0.734. The summed E-state index contributed by atoms with van der Waals surface area (Å²) in [6, 6.07) is 6.95. The maximum atomic E-state index is 11.5. The topological polar surface area (TPSA) is 58.2 Å². The van der Waals surface area contributed by atoms with Gasteiger partial charge in [-0.1, -0.05) is 19.1 Å². The third-order valence-corrected chi connectivity index (χ3v) is 3.31. The lowest BCUT2D eigenvalue weighted by molar-refractivity contribution is 0.602. The van der Waals surface area contributed by atoms with Gasteiger partial charge in [-0.2, -0.15) is 0 Å². The molecule has 0 amide bonds. The van der Waals surface area contributed by atoms with Gasteiger partial charge in [0.05, 0.1) is 10.6 Å². The highest BCUT2D eigenvalue weighted by Crippen LogP contribution is 2.19. The maximum Gasteiger partial charge on any atom is 0.177 e. The number of hydrogen-bond acceptors (Lipinski definition) is 4. The van der Waals surface area contributed by atoms with Crippen LogP contribution in [-0.2, 0) is 9.84 Å². The molecule has 0 saturated heterocycles. The van der Waals surface area contributed by atoms with Crippen LogP contribution in [0.4, 0.5) is 5.69 Å². The van der Waals surface area contributed by atoms with Crippen LogP contribution in [0.2, 0.25) is 0 Å².